The molecule has 1 aliphatic carbocycles. The van der Waals surface area contributed by atoms with Crippen LogP contribution in [0.25, 0.3) is 11.0 Å². The zero-order valence-corrected chi connectivity index (χ0v) is 8.70. The van der Waals surface area contributed by atoms with Crippen LogP contribution in [0.15, 0.2) is 24.5 Å². The van der Waals surface area contributed by atoms with Crippen LogP contribution in [0.3, 0.4) is 0 Å². The minimum absolute atomic E-state index is 0.0196. The molecular formula is C13H12N2. The molecule has 0 bridgehead atoms. The summed E-state index contributed by atoms with van der Waals surface area (Å²) in [5.74, 6) is 2.91. The van der Waals surface area contributed by atoms with Gasteiger partial charge in [0.1, 0.15) is 0 Å². The van der Waals surface area contributed by atoms with Gasteiger partial charge in [0.25, 0.3) is 0 Å². The zero-order chi connectivity index (χ0) is 10.5. The molecule has 1 aromatic heterocycles. The molecule has 2 heteroatoms. The summed E-state index contributed by atoms with van der Waals surface area (Å²) in [5.41, 5.74) is 3.46. The van der Waals surface area contributed by atoms with Crippen LogP contribution in [0.5, 0.6) is 0 Å². The molecule has 0 aliphatic heterocycles. The molecule has 15 heavy (non-hydrogen) atoms. The highest BCUT2D eigenvalue weighted by Gasteiger charge is 2.42. The van der Waals surface area contributed by atoms with Crippen LogP contribution in [0.2, 0.25) is 0 Å². The largest absolute Gasteiger partial charge is 0.334 e. The molecule has 0 atom stereocenters. The van der Waals surface area contributed by atoms with E-state index in [9.17, 15) is 0 Å². The van der Waals surface area contributed by atoms with Gasteiger partial charge in [0.15, 0.2) is 0 Å². The predicted octanol–water partition coefficient (Wildman–Crippen LogP) is 2.24. The first-order chi connectivity index (χ1) is 7.25. The van der Waals surface area contributed by atoms with E-state index in [0.29, 0.717) is 0 Å². The number of imidazole rings is 1. The summed E-state index contributed by atoms with van der Waals surface area (Å²) in [6.07, 6.45) is 9.64. The van der Waals surface area contributed by atoms with Gasteiger partial charge in [0.2, 0.25) is 0 Å². The molecule has 1 fully saturated rings. The zero-order valence-electron chi connectivity index (χ0n) is 8.70. The predicted molar refractivity (Wildman–Crippen MR) is 60.5 cm³/mol. The van der Waals surface area contributed by atoms with Gasteiger partial charge in [-0.1, -0.05) is 12.0 Å². The lowest BCUT2D eigenvalue weighted by Gasteiger charge is -2.07. The molecule has 0 amide bonds. The minimum Gasteiger partial charge on any atom is -0.334 e. The van der Waals surface area contributed by atoms with Gasteiger partial charge in [-0.3, -0.25) is 0 Å². The van der Waals surface area contributed by atoms with Crippen molar-refractivity contribution in [3.63, 3.8) is 0 Å². The lowest BCUT2D eigenvalue weighted by Crippen LogP contribution is -2.01. The molecule has 0 unspecified atom stereocenters. The van der Waals surface area contributed by atoms with Crippen LogP contribution in [0.4, 0.5) is 0 Å². The molecule has 0 saturated heterocycles. The lowest BCUT2D eigenvalue weighted by molar-refractivity contribution is 0.930. The maximum absolute atomic E-state index is 5.57. The van der Waals surface area contributed by atoms with Crippen LogP contribution in [0.1, 0.15) is 18.4 Å². The number of hydrogen-bond donors (Lipinski definition) is 0. The highest BCUT2D eigenvalue weighted by atomic mass is 15.0. The summed E-state index contributed by atoms with van der Waals surface area (Å²) in [5, 5.41) is 0. The molecule has 2 aromatic rings. The first-order valence-corrected chi connectivity index (χ1v) is 5.14. The van der Waals surface area contributed by atoms with E-state index in [0.717, 1.165) is 23.9 Å². The summed E-state index contributed by atoms with van der Waals surface area (Å²) >= 11 is 0. The fourth-order valence-electron chi connectivity index (χ4n) is 2.08. The van der Waals surface area contributed by atoms with Crippen molar-refractivity contribution in [1.82, 2.24) is 9.55 Å². The number of terminal acetylenes is 1. The molecule has 0 spiro atoms. The number of hydrogen-bond acceptors (Lipinski definition) is 1. The van der Waals surface area contributed by atoms with E-state index < -0.39 is 0 Å². The lowest BCUT2D eigenvalue weighted by atomic mass is 9.97. The number of benzene rings is 1. The van der Waals surface area contributed by atoms with Crippen LogP contribution in [0, 0.1) is 12.3 Å². The van der Waals surface area contributed by atoms with E-state index >= 15 is 0 Å². The molecular weight excluding hydrogens is 184 g/mol. The molecule has 1 aromatic carbocycles. The maximum Gasteiger partial charge on any atom is 0.0955 e. The van der Waals surface area contributed by atoms with Gasteiger partial charge in [-0.25, -0.2) is 4.98 Å². The Morgan fingerprint density at radius 2 is 2.27 bits per heavy atom. The van der Waals surface area contributed by atoms with Gasteiger partial charge in [-0.2, -0.15) is 0 Å². The van der Waals surface area contributed by atoms with Crippen molar-refractivity contribution >= 4 is 11.0 Å². The summed E-state index contributed by atoms with van der Waals surface area (Å²) in [7, 11) is 2.00. The Labute approximate surface area is 88.9 Å². The summed E-state index contributed by atoms with van der Waals surface area (Å²) in [6.45, 7) is 0. The number of aromatic nitrogens is 2. The normalized spacial score (nSPS) is 17.6. The Bertz CT molecular complexity index is 568. The van der Waals surface area contributed by atoms with Gasteiger partial charge in [-0.15, -0.1) is 6.42 Å². The maximum atomic E-state index is 5.57. The van der Waals surface area contributed by atoms with E-state index in [-0.39, 0.29) is 5.41 Å². The Hall–Kier alpha value is -1.75. The van der Waals surface area contributed by atoms with Gasteiger partial charge >= 0.3 is 0 Å². The van der Waals surface area contributed by atoms with E-state index in [2.05, 4.69) is 29.1 Å². The van der Waals surface area contributed by atoms with Crippen molar-refractivity contribution in [2.24, 2.45) is 7.05 Å². The molecule has 1 saturated carbocycles. The van der Waals surface area contributed by atoms with Crippen LogP contribution < -0.4 is 0 Å². The second kappa shape index (κ2) is 2.64. The summed E-state index contributed by atoms with van der Waals surface area (Å²) in [4.78, 5) is 4.35. The number of fused-ring (bicyclic) bond motifs is 1. The molecule has 1 aliphatic rings. The highest BCUT2D eigenvalue weighted by Crippen LogP contribution is 2.47. The third-order valence-corrected chi connectivity index (χ3v) is 3.30. The van der Waals surface area contributed by atoms with Crippen molar-refractivity contribution in [2.75, 3.05) is 0 Å². The van der Waals surface area contributed by atoms with Crippen molar-refractivity contribution in [3.8, 4) is 12.3 Å². The Morgan fingerprint density at radius 1 is 1.47 bits per heavy atom. The number of aryl methyl sites for hydroxylation is 1. The smallest absolute Gasteiger partial charge is 0.0955 e. The molecule has 0 N–H and O–H groups in total. The summed E-state index contributed by atoms with van der Waals surface area (Å²) < 4.78 is 2.02. The average molecular weight is 196 g/mol. The van der Waals surface area contributed by atoms with Gasteiger partial charge in [0, 0.05) is 7.05 Å². The molecule has 1 heterocycles. The first-order valence-electron chi connectivity index (χ1n) is 5.14. The van der Waals surface area contributed by atoms with Crippen molar-refractivity contribution in [2.45, 2.75) is 18.3 Å². The van der Waals surface area contributed by atoms with Crippen molar-refractivity contribution in [1.29, 1.82) is 0 Å². The van der Waals surface area contributed by atoms with Crippen LogP contribution in [-0.2, 0) is 12.5 Å². The Balaban J connectivity index is 2.20. The number of rotatable bonds is 1. The van der Waals surface area contributed by atoms with E-state index in [1.165, 1.54) is 5.56 Å². The molecule has 3 rings (SSSR count). The third kappa shape index (κ3) is 1.10. The van der Waals surface area contributed by atoms with Crippen LogP contribution >= 0.6 is 0 Å². The Morgan fingerprint density at radius 3 is 2.93 bits per heavy atom. The van der Waals surface area contributed by atoms with E-state index in [1.807, 2.05) is 17.9 Å². The van der Waals surface area contributed by atoms with Gasteiger partial charge < -0.3 is 4.57 Å². The monoisotopic (exact) mass is 196 g/mol. The topological polar surface area (TPSA) is 17.8 Å². The quantitative estimate of drug-likeness (QED) is 0.639. The van der Waals surface area contributed by atoms with Gasteiger partial charge in [-0.05, 0) is 30.5 Å². The van der Waals surface area contributed by atoms with E-state index in [1.54, 1.807) is 0 Å². The standard InChI is InChI=1S/C13H12N2/c1-3-13(6-7-13)10-4-5-12-11(8-10)14-9-15(12)2/h1,4-5,8-9H,6-7H2,2H3. The Kier molecular flexibility index (Phi) is 1.50. The second-order valence-corrected chi connectivity index (χ2v) is 4.29. The average Bonchev–Trinajstić information content (AvgIpc) is 2.99. The van der Waals surface area contributed by atoms with Crippen molar-refractivity contribution in [3.05, 3.63) is 30.1 Å². The minimum atomic E-state index is 0.0196. The van der Waals surface area contributed by atoms with Crippen molar-refractivity contribution < 1.29 is 0 Å². The fraction of sp³-hybridized carbons (Fsp3) is 0.308. The fourth-order valence-corrected chi connectivity index (χ4v) is 2.08. The molecule has 0 radical (unpaired) electrons. The second-order valence-electron chi connectivity index (χ2n) is 4.29. The summed E-state index contributed by atoms with van der Waals surface area (Å²) in [6, 6.07) is 6.37. The highest BCUT2D eigenvalue weighted by molar-refractivity contribution is 5.76. The van der Waals surface area contributed by atoms with E-state index in [4.69, 9.17) is 6.42 Å². The SMILES string of the molecule is C#CC1(c2ccc3c(c2)ncn3C)CC1. The molecule has 2 nitrogen and oxygen atoms in total. The van der Waals surface area contributed by atoms with Gasteiger partial charge in [0.05, 0.1) is 22.8 Å². The molecule has 74 valence electrons. The third-order valence-electron chi connectivity index (χ3n) is 3.30. The van der Waals surface area contributed by atoms with Crippen LogP contribution in [-0.4, -0.2) is 9.55 Å². The first kappa shape index (κ1) is 8.55. The number of nitrogens with zero attached hydrogens (tertiary/aromatic N) is 2.